The molecule has 0 amide bonds. The summed E-state index contributed by atoms with van der Waals surface area (Å²) in [6, 6.07) is 11.2. The van der Waals surface area contributed by atoms with Gasteiger partial charge in [-0.2, -0.15) is 5.10 Å². The second-order valence-corrected chi connectivity index (χ2v) is 5.18. The van der Waals surface area contributed by atoms with Gasteiger partial charge in [0, 0.05) is 31.5 Å². The minimum absolute atomic E-state index is 0. The van der Waals surface area contributed by atoms with Crippen LogP contribution < -0.4 is 5.32 Å². The number of nitrogens with zero attached hydrogens (tertiary/aromatic N) is 3. The summed E-state index contributed by atoms with van der Waals surface area (Å²) in [5.74, 6) is 0. The first-order chi connectivity index (χ1) is 9.33. The molecule has 1 aromatic carbocycles. The molecule has 1 fully saturated rings. The molecular weight excluding hydrogens is 272 g/mol. The van der Waals surface area contributed by atoms with Crippen LogP contribution in [0.1, 0.15) is 12.0 Å². The van der Waals surface area contributed by atoms with Crippen molar-refractivity contribution in [3.05, 3.63) is 48.3 Å². The van der Waals surface area contributed by atoms with Crippen LogP contribution in [-0.2, 0) is 6.54 Å². The maximum absolute atomic E-state index is 4.24. The Morgan fingerprint density at radius 3 is 2.75 bits per heavy atom. The molecule has 20 heavy (non-hydrogen) atoms. The molecule has 0 spiro atoms. The predicted octanol–water partition coefficient (Wildman–Crippen LogP) is 2.09. The van der Waals surface area contributed by atoms with Gasteiger partial charge in [-0.3, -0.25) is 4.90 Å². The second kappa shape index (κ2) is 6.88. The van der Waals surface area contributed by atoms with E-state index in [1.165, 1.54) is 12.0 Å². The summed E-state index contributed by atoms with van der Waals surface area (Å²) in [6.45, 7) is 3.26. The Kier molecular flexibility index (Phi) is 5.17. The highest BCUT2D eigenvalue weighted by molar-refractivity contribution is 5.85. The Morgan fingerprint density at radius 1 is 1.35 bits per heavy atom. The van der Waals surface area contributed by atoms with Gasteiger partial charge in [0.15, 0.2) is 0 Å². The van der Waals surface area contributed by atoms with Crippen molar-refractivity contribution >= 4 is 12.4 Å². The van der Waals surface area contributed by atoms with E-state index in [0.717, 1.165) is 25.3 Å². The van der Waals surface area contributed by atoms with E-state index in [2.05, 4.69) is 46.6 Å². The van der Waals surface area contributed by atoms with Crippen molar-refractivity contribution in [2.75, 3.05) is 20.1 Å². The van der Waals surface area contributed by atoms with E-state index in [0.29, 0.717) is 6.04 Å². The van der Waals surface area contributed by atoms with Crippen molar-refractivity contribution in [1.82, 2.24) is 20.0 Å². The summed E-state index contributed by atoms with van der Waals surface area (Å²) >= 11 is 0. The van der Waals surface area contributed by atoms with Gasteiger partial charge in [0.25, 0.3) is 0 Å². The van der Waals surface area contributed by atoms with Crippen molar-refractivity contribution in [2.45, 2.75) is 19.0 Å². The molecule has 5 heteroatoms. The molecule has 1 saturated heterocycles. The van der Waals surface area contributed by atoms with Gasteiger partial charge >= 0.3 is 0 Å². The molecular formula is C15H21ClN4. The fourth-order valence-corrected chi connectivity index (χ4v) is 2.61. The number of rotatable bonds is 4. The number of benzene rings is 1. The lowest BCUT2D eigenvalue weighted by Gasteiger charge is -2.23. The molecule has 3 rings (SSSR count). The molecule has 1 atom stereocenters. The van der Waals surface area contributed by atoms with Crippen molar-refractivity contribution in [2.24, 2.45) is 0 Å². The maximum Gasteiger partial charge on any atom is 0.0645 e. The Bertz CT molecular complexity index is 503. The average Bonchev–Trinajstić information content (AvgIpc) is 3.13. The maximum atomic E-state index is 4.24. The number of aromatic nitrogens is 2. The summed E-state index contributed by atoms with van der Waals surface area (Å²) in [7, 11) is 2.21. The van der Waals surface area contributed by atoms with Gasteiger partial charge in [-0.1, -0.05) is 12.1 Å². The van der Waals surface area contributed by atoms with Gasteiger partial charge < -0.3 is 5.32 Å². The number of halogens is 1. The van der Waals surface area contributed by atoms with E-state index >= 15 is 0 Å². The number of hydrogen-bond acceptors (Lipinski definition) is 3. The Morgan fingerprint density at radius 2 is 2.15 bits per heavy atom. The highest BCUT2D eigenvalue weighted by atomic mass is 35.5. The van der Waals surface area contributed by atoms with E-state index in [4.69, 9.17) is 0 Å². The minimum Gasteiger partial charge on any atom is -0.315 e. The van der Waals surface area contributed by atoms with E-state index in [1.807, 2.05) is 16.9 Å². The molecule has 0 aliphatic carbocycles. The van der Waals surface area contributed by atoms with Crippen molar-refractivity contribution in [3.8, 4) is 5.69 Å². The third-order valence-electron chi connectivity index (χ3n) is 3.79. The zero-order chi connectivity index (χ0) is 13.1. The monoisotopic (exact) mass is 292 g/mol. The first-order valence-electron chi connectivity index (χ1n) is 6.83. The van der Waals surface area contributed by atoms with Crippen LogP contribution in [0.3, 0.4) is 0 Å². The molecule has 0 bridgehead atoms. The fourth-order valence-electron chi connectivity index (χ4n) is 2.61. The van der Waals surface area contributed by atoms with E-state index in [9.17, 15) is 0 Å². The molecule has 1 aliphatic rings. The average molecular weight is 293 g/mol. The van der Waals surface area contributed by atoms with E-state index < -0.39 is 0 Å². The van der Waals surface area contributed by atoms with Crippen LogP contribution in [0.2, 0.25) is 0 Å². The summed E-state index contributed by atoms with van der Waals surface area (Å²) < 4.78 is 1.88. The smallest absolute Gasteiger partial charge is 0.0645 e. The molecule has 0 saturated carbocycles. The van der Waals surface area contributed by atoms with Gasteiger partial charge in [0.1, 0.15) is 0 Å². The largest absolute Gasteiger partial charge is 0.315 e. The third-order valence-corrected chi connectivity index (χ3v) is 3.79. The molecule has 1 aliphatic heterocycles. The number of likely N-dealkylation sites (N-methyl/N-ethyl adjacent to an activating group) is 1. The van der Waals surface area contributed by atoms with Crippen LogP contribution in [0, 0.1) is 0 Å². The molecule has 1 unspecified atom stereocenters. The van der Waals surface area contributed by atoms with Gasteiger partial charge in [0.2, 0.25) is 0 Å². The normalized spacial score (nSPS) is 18.2. The Labute approximate surface area is 126 Å². The third kappa shape index (κ3) is 3.39. The fraction of sp³-hybridized carbons (Fsp3) is 0.400. The molecule has 2 aromatic rings. The van der Waals surface area contributed by atoms with Gasteiger partial charge in [-0.25, -0.2) is 4.68 Å². The standard InChI is InChI=1S/C15H20N4.ClH/c1-18(15-7-9-16-11-15)12-13-3-5-14(6-4-13)19-10-2-8-17-19;/h2-6,8,10,15-16H,7,9,11-12H2,1H3;1H. The number of nitrogens with one attached hydrogen (secondary N) is 1. The van der Waals surface area contributed by atoms with E-state index in [1.54, 1.807) is 6.20 Å². The lowest BCUT2D eigenvalue weighted by molar-refractivity contribution is 0.249. The molecule has 0 radical (unpaired) electrons. The highest BCUT2D eigenvalue weighted by Crippen LogP contribution is 2.13. The van der Waals surface area contributed by atoms with E-state index in [-0.39, 0.29) is 12.4 Å². The zero-order valence-electron chi connectivity index (χ0n) is 11.7. The van der Waals surface area contributed by atoms with Gasteiger partial charge in [-0.15, -0.1) is 12.4 Å². The number of hydrogen-bond donors (Lipinski definition) is 1. The Balaban J connectivity index is 0.00000147. The first-order valence-corrected chi connectivity index (χ1v) is 6.83. The highest BCUT2D eigenvalue weighted by Gasteiger charge is 2.18. The molecule has 1 aromatic heterocycles. The topological polar surface area (TPSA) is 33.1 Å². The summed E-state index contributed by atoms with van der Waals surface area (Å²) in [5, 5.41) is 7.65. The summed E-state index contributed by atoms with van der Waals surface area (Å²) in [6.07, 6.45) is 5.02. The lowest BCUT2D eigenvalue weighted by atomic mass is 10.1. The quantitative estimate of drug-likeness (QED) is 0.937. The molecule has 4 nitrogen and oxygen atoms in total. The van der Waals surface area contributed by atoms with Crippen LogP contribution in [0.25, 0.3) is 5.69 Å². The first kappa shape index (κ1) is 15.0. The summed E-state index contributed by atoms with van der Waals surface area (Å²) in [5.41, 5.74) is 2.46. The van der Waals surface area contributed by atoms with Crippen LogP contribution in [0.5, 0.6) is 0 Å². The summed E-state index contributed by atoms with van der Waals surface area (Å²) in [4.78, 5) is 2.43. The van der Waals surface area contributed by atoms with Crippen LogP contribution in [0.4, 0.5) is 0 Å². The van der Waals surface area contributed by atoms with Crippen molar-refractivity contribution < 1.29 is 0 Å². The van der Waals surface area contributed by atoms with Gasteiger partial charge in [0.05, 0.1) is 5.69 Å². The van der Waals surface area contributed by atoms with Crippen LogP contribution >= 0.6 is 12.4 Å². The molecule has 108 valence electrons. The molecule has 1 N–H and O–H groups in total. The van der Waals surface area contributed by atoms with Crippen molar-refractivity contribution in [3.63, 3.8) is 0 Å². The van der Waals surface area contributed by atoms with Crippen LogP contribution in [0.15, 0.2) is 42.7 Å². The van der Waals surface area contributed by atoms with Crippen LogP contribution in [-0.4, -0.2) is 40.9 Å². The predicted molar refractivity (Wildman–Crippen MR) is 83.6 cm³/mol. The minimum atomic E-state index is 0. The SMILES string of the molecule is CN(Cc1ccc(-n2cccn2)cc1)C1CCNC1.Cl. The van der Waals surface area contributed by atoms with Gasteiger partial charge in [-0.05, 0) is 43.8 Å². The molecule has 2 heterocycles. The van der Waals surface area contributed by atoms with Crippen molar-refractivity contribution in [1.29, 1.82) is 0 Å². The lowest BCUT2D eigenvalue weighted by Crippen LogP contribution is -2.32. The Hall–Kier alpha value is -1.36. The second-order valence-electron chi connectivity index (χ2n) is 5.18. The zero-order valence-corrected chi connectivity index (χ0v) is 12.5.